The number of piperidine rings is 1. The Morgan fingerprint density at radius 2 is 1.89 bits per heavy atom. The van der Waals surface area contributed by atoms with Gasteiger partial charge in [0.1, 0.15) is 5.60 Å². The Morgan fingerprint density at radius 3 is 2.32 bits per heavy atom. The SMILES string of the molecule is CCC(C)N1CCC(C)(NC(=O)OC(C)(C)C)CC1. The number of nitrogens with one attached hydrogen (secondary N) is 1. The molecule has 112 valence electrons. The van der Waals surface area contributed by atoms with E-state index < -0.39 is 5.60 Å². The molecule has 1 atom stereocenters. The zero-order valence-corrected chi connectivity index (χ0v) is 13.4. The van der Waals surface area contributed by atoms with E-state index in [-0.39, 0.29) is 11.6 Å². The number of ether oxygens (including phenoxy) is 1. The van der Waals surface area contributed by atoms with E-state index in [1.165, 1.54) is 6.42 Å². The van der Waals surface area contributed by atoms with Gasteiger partial charge in [-0.3, -0.25) is 0 Å². The number of carbonyl (C=O) groups excluding carboxylic acids is 1. The highest BCUT2D eigenvalue weighted by molar-refractivity contribution is 5.68. The van der Waals surface area contributed by atoms with Crippen LogP contribution in [-0.4, -0.2) is 41.3 Å². The van der Waals surface area contributed by atoms with Crippen molar-refractivity contribution < 1.29 is 9.53 Å². The number of rotatable bonds is 3. The van der Waals surface area contributed by atoms with Crippen LogP contribution in [0.1, 0.15) is 60.8 Å². The molecule has 1 unspecified atom stereocenters. The van der Waals surface area contributed by atoms with Crippen LogP contribution in [0.3, 0.4) is 0 Å². The summed E-state index contributed by atoms with van der Waals surface area (Å²) in [6, 6.07) is 0.631. The summed E-state index contributed by atoms with van der Waals surface area (Å²) in [5.74, 6) is 0. The first-order chi connectivity index (χ1) is 8.65. The summed E-state index contributed by atoms with van der Waals surface area (Å²) < 4.78 is 5.34. The lowest BCUT2D eigenvalue weighted by molar-refractivity contribution is 0.0383. The molecule has 0 saturated carbocycles. The number of hydrogen-bond acceptors (Lipinski definition) is 3. The zero-order valence-electron chi connectivity index (χ0n) is 13.4. The molecule has 0 aromatic rings. The second kappa shape index (κ2) is 6.12. The molecule has 1 fully saturated rings. The average Bonchev–Trinajstić information content (AvgIpc) is 2.25. The topological polar surface area (TPSA) is 41.6 Å². The normalized spacial score (nSPS) is 21.8. The number of hydrogen-bond donors (Lipinski definition) is 1. The molecule has 1 N–H and O–H groups in total. The monoisotopic (exact) mass is 270 g/mol. The van der Waals surface area contributed by atoms with E-state index in [9.17, 15) is 4.79 Å². The maximum absolute atomic E-state index is 11.9. The van der Waals surface area contributed by atoms with Crippen LogP contribution < -0.4 is 5.32 Å². The first kappa shape index (κ1) is 16.3. The molecule has 19 heavy (non-hydrogen) atoms. The smallest absolute Gasteiger partial charge is 0.408 e. The summed E-state index contributed by atoms with van der Waals surface area (Å²) in [4.78, 5) is 14.4. The Morgan fingerprint density at radius 1 is 1.37 bits per heavy atom. The summed E-state index contributed by atoms with van der Waals surface area (Å²) in [7, 11) is 0. The van der Waals surface area contributed by atoms with E-state index in [1.807, 2.05) is 20.8 Å². The van der Waals surface area contributed by atoms with Crippen molar-refractivity contribution in [3.05, 3.63) is 0 Å². The van der Waals surface area contributed by atoms with Crippen LogP contribution in [0.25, 0.3) is 0 Å². The minimum absolute atomic E-state index is 0.133. The average molecular weight is 270 g/mol. The van der Waals surface area contributed by atoms with E-state index >= 15 is 0 Å². The van der Waals surface area contributed by atoms with Crippen LogP contribution in [-0.2, 0) is 4.74 Å². The lowest BCUT2D eigenvalue weighted by Gasteiger charge is -2.42. The van der Waals surface area contributed by atoms with Crippen molar-refractivity contribution in [1.82, 2.24) is 10.2 Å². The lowest BCUT2D eigenvalue weighted by atomic mass is 9.89. The minimum Gasteiger partial charge on any atom is -0.444 e. The molecule has 1 aliphatic heterocycles. The Hall–Kier alpha value is -0.770. The third-order valence-corrected chi connectivity index (χ3v) is 3.92. The van der Waals surface area contributed by atoms with Crippen LogP contribution in [0.5, 0.6) is 0 Å². The fourth-order valence-electron chi connectivity index (χ4n) is 2.39. The molecular formula is C15H30N2O2. The standard InChI is InChI=1S/C15H30N2O2/c1-7-12(2)17-10-8-15(6,9-11-17)16-13(18)19-14(3,4)5/h12H,7-11H2,1-6H3,(H,16,18). The van der Waals surface area contributed by atoms with Crippen molar-refractivity contribution in [1.29, 1.82) is 0 Å². The summed E-state index contributed by atoms with van der Waals surface area (Å²) in [5.41, 5.74) is -0.565. The Labute approximate surface area is 117 Å². The van der Waals surface area contributed by atoms with E-state index in [0.29, 0.717) is 6.04 Å². The molecule has 0 aliphatic carbocycles. The molecule has 0 bridgehead atoms. The van der Waals surface area contributed by atoms with Crippen molar-refractivity contribution >= 4 is 6.09 Å². The number of alkyl carbamates (subject to hydrolysis) is 1. The van der Waals surface area contributed by atoms with Crippen LogP contribution in [0.15, 0.2) is 0 Å². The molecule has 0 spiro atoms. The van der Waals surface area contributed by atoms with Gasteiger partial charge in [0, 0.05) is 24.7 Å². The van der Waals surface area contributed by atoms with Gasteiger partial charge >= 0.3 is 6.09 Å². The van der Waals surface area contributed by atoms with Crippen LogP contribution in [0, 0.1) is 0 Å². The van der Waals surface area contributed by atoms with Crippen LogP contribution in [0.2, 0.25) is 0 Å². The second-order valence-electron chi connectivity index (χ2n) is 6.98. The Bertz CT molecular complexity index is 302. The highest BCUT2D eigenvalue weighted by Gasteiger charge is 2.33. The predicted octanol–water partition coefficient (Wildman–Crippen LogP) is 3.16. The maximum atomic E-state index is 11.9. The van der Waals surface area contributed by atoms with Crippen molar-refractivity contribution in [3.63, 3.8) is 0 Å². The highest BCUT2D eigenvalue weighted by atomic mass is 16.6. The fourth-order valence-corrected chi connectivity index (χ4v) is 2.39. The number of carbonyl (C=O) groups is 1. The predicted molar refractivity (Wildman–Crippen MR) is 78.3 cm³/mol. The van der Waals surface area contributed by atoms with Gasteiger partial charge < -0.3 is 15.0 Å². The molecule has 0 aromatic heterocycles. The van der Waals surface area contributed by atoms with E-state index in [2.05, 4.69) is 31.0 Å². The van der Waals surface area contributed by atoms with Gasteiger partial charge in [-0.15, -0.1) is 0 Å². The molecule has 1 saturated heterocycles. The lowest BCUT2D eigenvalue weighted by Crippen LogP contribution is -2.55. The Balaban J connectivity index is 2.45. The van der Waals surface area contributed by atoms with E-state index in [0.717, 1.165) is 25.9 Å². The summed E-state index contributed by atoms with van der Waals surface area (Å²) in [6.07, 6.45) is 2.84. The summed E-state index contributed by atoms with van der Waals surface area (Å²) in [6.45, 7) is 14.4. The molecule has 0 radical (unpaired) electrons. The Kier molecular flexibility index (Phi) is 5.25. The molecule has 1 rings (SSSR count). The molecule has 1 heterocycles. The third kappa shape index (κ3) is 5.39. The molecular weight excluding hydrogens is 240 g/mol. The first-order valence-corrected chi connectivity index (χ1v) is 7.40. The summed E-state index contributed by atoms with van der Waals surface area (Å²) in [5, 5.41) is 3.04. The third-order valence-electron chi connectivity index (χ3n) is 3.92. The van der Waals surface area contributed by atoms with Crippen molar-refractivity contribution in [2.75, 3.05) is 13.1 Å². The van der Waals surface area contributed by atoms with Crippen molar-refractivity contribution in [2.45, 2.75) is 78.0 Å². The zero-order chi connectivity index (χ0) is 14.7. The quantitative estimate of drug-likeness (QED) is 0.856. The molecule has 4 heteroatoms. The second-order valence-corrected chi connectivity index (χ2v) is 6.98. The van der Waals surface area contributed by atoms with E-state index in [1.54, 1.807) is 0 Å². The van der Waals surface area contributed by atoms with Gasteiger partial charge in [-0.25, -0.2) is 4.79 Å². The molecule has 1 aliphatic rings. The van der Waals surface area contributed by atoms with Crippen molar-refractivity contribution in [3.8, 4) is 0 Å². The minimum atomic E-state index is -0.433. The van der Waals surface area contributed by atoms with Gasteiger partial charge in [0.15, 0.2) is 0 Å². The fraction of sp³-hybridized carbons (Fsp3) is 0.933. The number of amides is 1. The maximum Gasteiger partial charge on any atom is 0.408 e. The van der Waals surface area contributed by atoms with Crippen LogP contribution in [0.4, 0.5) is 4.79 Å². The van der Waals surface area contributed by atoms with Gasteiger partial charge in [-0.1, -0.05) is 6.92 Å². The summed E-state index contributed by atoms with van der Waals surface area (Å²) >= 11 is 0. The number of nitrogens with zero attached hydrogens (tertiary/aromatic N) is 1. The van der Waals surface area contributed by atoms with Gasteiger partial charge in [0.2, 0.25) is 0 Å². The van der Waals surface area contributed by atoms with Gasteiger partial charge in [-0.2, -0.15) is 0 Å². The number of likely N-dealkylation sites (tertiary alicyclic amines) is 1. The molecule has 4 nitrogen and oxygen atoms in total. The highest BCUT2D eigenvalue weighted by Crippen LogP contribution is 2.24. The van der Waals surface area contributed by atoms with Gasteiger partial charge in [-0.05, 0) is 53.9 Å². The van der Waals surface area contributed by atoms with Gasteiger partial charge in [0.25, 0.3) is 0 Å². The largest absolute Gasteiger partial charge is 0.444 e. The first-order valence-electron chi connectivity index (χ1n) is 7.40. The molecule has 1 amide bonds. The van der Waals surface area contributed by atoms with Crippen molar-refractivity contribution in [2.24, 2.45) is 0 Å². The molecule has 0 aromatic carbocycles. The van der Waals surface area contributed by atoms with Gasteiger partial charge in [0.05, 0.1) is 0 Å². The van der Waals surface area contributed by atoms with E-state index in [4.69, 9.17) is 4.74 Å². The van der Waals surface area contributed by atoms with Crippen LogP contribution >= 0.6 is 0 Å².